The van der Waals surface area contributed by atoms with E-state index < -0.39 is 29.3 Å². The third kappa shape index (κ3) is 1.77. The van der Waals surface area contributed by atoms with E-state index >= 15 is 0 Å². The molecule has 0 unspecified atom stereocenters. The summed E-state index contributed by atoms with van der Waals surface area (Å²) in [5, 5.41) is 0. The lowest BCUT2D eigenvalue weighted by Crippen LogP contribution is -2.15. The first-order chi connectivity index (χ1) is 6.04. The molecule has 1 amide bonds. The number of rotatable bonds is 2. The van der Waals surface area contributed by atoms with Crippen LogP contribution < -0.4 is 5.73 Å². The van der Waals surface area contributed by atoms with Crippen molar-refractivity contribution in [3.05, 3.63) is 29.3 Å². The van der Waals surface area contributed by atoms with Crippen molar-refractivity contribution in [2.45, 2.75) is 6.43 Å². The van der Waals surface area contributed by atoms with Gasteiger partial charge in [0, 0.05) is 6.20 Å². The fraction of sp³-hybridized carbons (Fsp3) is 0.143. The van der Waals surface area contributed by atoms with E-state index in [2.05, 4.69) is 4.98 Å². The number of hydrogen-bond donors (Lipinski definition) is 1. The van der Waals surface area contributed by atoms with E-state index in [0.29, 0.717) is 6.20 Å². The predicted molar refractivity (Wildman–Crippen MR) is 37.7 cm³/mol. The van der Waals surface area contributed by atoms with Gasteiger partial charge in [-0.05, 0) is 0 Å². The normalized spacial score (nSPS) is 10.5. The van der Waals surface area contributed by atoms with E-state index in [-0.39, 0.29) is 0 Å². The highest BCUT2D eigenvalue weighted by Crippen LogP contribution is 2.24. The Kier molecular flexibility index (Phi) is 2.50. The summed E-state index contributed by atoms with van der Waals surface area (Å²) in [6.45, 7) is 0. The van der Waals surface area contributed by atoms with Gasteiger partial charge in [-0.2, -0.15) is 0 Å². The zero-order valence-corrected chi connectivity index (χ0v) is 6.30. The number of primary amides is 1. The SMILES string of the molecule is NC(=O)c1cncc(F)c1C(F)F. The molecule has 1 heterocycles. The number of amides is 1. The number of halogens is 3. The molecule has 6 heteroatoms. The number of carbonyl (C=O) groups excluding carboxylic acids is 1. The minimum absolute atomic E-state index is 0.588. The zero-order valence-electron chi connectivity index (χ0n) is 6.30. The van der Waals surface area contributed by atoms with Crippen molar-refractivity contribution >= 4 is 5.91 Å². The van der Waals surface area contributed by atoms with Crippen LogP contribution >= 0.6 is 0 Å². The molecule has 0 aromatic carbocycles. The lowest BCUT2D eigenvalue weighted by Gasteiger charge is -2.04. The highest BCUT2D eigenvalue weighted by molar-refractivity contribution is 5.94. The van der Waals surface area contributed by atoms with E-state index in [1.165, 1.54) is 0 Å². The number of pyridine rings is 1. The molecule has 0 aliphatic heterocycles. The van der Waals surface area contributed by atoms with Crippen LogP contribution in [0.25, 0.3) is 0 Å². The van der Waals surface area contributed by atoms with Gasteiger partial charge in [0.1, 0.15) is 0 Å². The van der Waals surface area contributed by atoms with Crippen LogP contribution in [0.5, 0.6) is 0 Å². The van der Waals surface area contributed by atoms with Gasteiger partial charge >= 0.3 is 0 Å². The van der Waals surface area contributed by atoms with Gasteiger partial charge in [-0.25, -0.2) is 13.2 Å². The first-order valence-corrected chi connectivity index (χ1v) is 3.25. The highest BCUT2D eigenvalue weighted by Gasteiger charge is 2.21. The molecular weight excluding hydrogens is 185 g/mol. The van der Waals surface area contributed by atoms with E-state index in [9.17, 15) is 18.0 Å². The number of hydrogen-bond acceptors (Lipinski definition) is 2. The molecule has 2 N–H and O–H groups in total. The molecule has 1 aromatic rings. The topological polar surface area (TPSA) is 56.0 Å². The molecule has 0 aliphatic carbocycles. The van der Waals surface area contributed by atoms with Crippen LogP contribution in [0, 0.1) is 5.82 Å². The fourth-order valence-corrected chi connectivity index (χ4v) is 0.863. The first-order valence-electron chi connectivity index (χ1n) is 3.25. The van der Waals surface area contributed by atoms with Crippen molar-refractivity contribution in [1.29, 1.82) is 0 Å². The Labute approximate surface area is 71.4 Å². The molecular formula is C7H5F3N2O. The number of nitrogens with zero attached hydrogens (tertiary/aromatic N) is 1. The summed E-state index contributed by atoms with van der Waals surface area (Å²) in [7, 11) is 0. The average molecular weight is 190 g/mol. The quantitative estimate of drug-likeness (QED) is 0.763. The number of nitrogens with two attached hydrogens (primary N) is 1. The van der Waals surface area contributed by atoms with Gasteiger partial charge in [0.2, 0.25) is 0 Å². The molecule has 70 valence electrons. The predicted octanol–water partition coefficient (Wildman–Crippen LogP) is 1.26. The smallest absolute Gasteiger partial charge is 0.267 e. The summed E-state index contributed by atoms with van der Waals surface area (Å²) in [6.07, 6.45) is -1.66. The number of aromatic nitrogens is 1. The van der Waals surface area contributed by atoms with Gasteiger partial charge in [0.15, 0.2) is 5.82 Å². The standard InChI is InChI=1S/C7H5F3N2O/c8-4-2-12-1-3(7(11)13)5(4)6(9)10/h1-2,6H,(H2,11,13). The third-order valence-corrected chi connectivity index (χ3v) is 1.42. The van der Waals surface area contributed by atoms with Crippen LogP contribution in [0.2, 0.25) is 0 Å². The van der Waals surface area contributed by atoms with Crippen LogP contribution in [0.1, 0.15) is 22.3 Å². The van der Waals surface area contributed by atoms with E-state index in [0.717, 1.165) is 6.20 Å². The summed E-state index contributed by atoms with van der Waals surface area (Å²) in [5.74, 6) is -2.35. The Morgan fingerprint density at radius 2 is 2.08 bits per heavy atom. The van der Waals surface area contributed by atoms with Crippen molar-refractivity contribution in [2.75, 3.05) is 0 Å². The van der Waals surface area contributed by atoms with E-state index in [4.69, 9.17) is 5.73 Å². The summed E-state index contributed by atoms with van der Waals surface area (Å²) in [4.78, 5) is 13.8. The molecule has 0 radical (unpaired) electrons. The second kappa shape index (κ2) is 3.42. The van der Waals surface area contributed by atoms with Crippen LogP contribution in [-0.2, 0) is 0 Å². The van der Waals surface area contributed by atoms with Crippen LogP contribution in [0.15, 0.2) is 12.4 Å². The lowest BCUT2D eigenvalue weighted by atomic mass is 10.1. The molecule has 0 saturated carbocycles. The van der Waals surface area contributed by atoms with Crippen molar-refractivity contribution in [3.8, 4) is 0 Å². The summed E-state index contributed by atoms with van der Waals surface area (Å²) in [5.41, 5.74) is 3.16. The Morgan fingerprint density at radius 3 is 2.46 bits per heavy atom. The monoisotopic (exact) mass is 190 g/mol. The van der Waals surface area contributed by atoms with Crippen molar-refractivity contribution < 1.29 is 18.0 Å². The van der Waals surface area contributed by atoms with Gasteiger partial charge < -0.3 is 5.73 Å². The van der Waals surface area contributed by atoms with E-state index in [1.54, 1.807) is 0 Å². The molecule has 1 aromatic heterocycles. The summed E-state index contributed by atoms with van der Waals surface area (Å²) < 4.78 is 37.1. The molecule has 13 heavy (non-hydrogen) atoms. The Hall–Kier alpha value is -1.59. The molecule has 0 saturated heterocycles. The summed E-state index contributed by atoms with van der Waals surface area (Å²) >= 11 is 0. The fourth-order valence-electron chi connectivity index (χ4n) is 0.863. The molecule has 0 aliphatic rings. The Morgan fingerprint density at radius 1 is 1.46 bits per heavy atom. The van der Waals surface area contributed by atoms with Gasteiger partial charge in [-0.3, -0.25) is 9.78 Å². The maximum Gasteiger partial charge on any atom is 0.267 e. The van der Waals surface area contributed by atoms with Crippen molar-refractivity contribution in [3.63, 3.8) is 0 Å². The molecule has 0 fully saturated rings. The molecule has 0 spiro atoms. The van der Waals surface area contributed by atoms with Crippen LogP contribution in [0.3, 0.4) is 0 Å². The van der Waals surface area contributed by atoms with Gasteiger partial charge in [-0.1, -0.05) is 0 Å². The maximum absolute atomic E-state index is 12.7. The second-order valence-corrected chi connectivity index (χ2v) is 2.25. The molecule has 1 rings (SSSR count). The summed E-state index contributed by atoms with van der Waals surface area (Å²) in [6, 6.07) is 0. The first kappa shape index (κ1) is 9.50. The highest BCUT2D eigenvalue weighted by atomic mass is 19.3. The number of alkyl halides is 2. The lowest BCUT2D eigenvalue weighted by molar-refractivity contribution is 0.0982. The molecule has 0 atom stereocenters. The van der Waals surface area contributed by atoms with Crippen molar-refractivity contribution in [1.82, 2.24) is 4.98 Å². The molecule has 0 bridgehead atoms. The molecule has 3 nitrogen and oxygen atoms in total. The Balaban J connectivity index is 3.34. The minimum Gasteiger partial charge on any atom is -0.366 e. The van der Waals surface area contributed by atoms with Gasteiger partial charge in [0.05, 0.1) is 17.3 Å². The Bertz CT molecular complexity index is 341. The minimum atomic E-state index is -3.08. The second-order valence-electron chi connectivity index (χ2n) is 2.25. The van der Waals surface area contributed by atoms with Crippen molar-refractivity contribution in [2.24, 2.45) is 5.73 Å². The van der Waals surface area contributed by atoms with Crippen LogP contribution in [0.4, 0.5) is 13.2 Å². The largest absolute Gasteiger partial charge is 0.366 e. The maximum atomic E-state index is 12.7. The van der Waals surface area contributed by atoms with E-state index in [1.807, 2.05) is 0 Å². The zero-order chi connectivity index (χ0) is 10.0. The van der Waals surface area contributed by atoms with Gasteiger partial charge in [0.25, 0.3) is 12.3 Å². The number of carbonyl (C=O) groups is 1. The third-order valence-electron chi connectivity index (χ3n) is 1.42. The average Bonchev–Trinajstić information content (AvgIpc) is 2.02. The van der Waals surface area contributed by atoms with Gasteiger partial charge in [-0.15, -0.1) is 0 Å². The van der Waals surface area contributed by atoms with Crippen LogP contribution in [-0.4, -0.2) is 10.9 Å².